The van der Waals surface area contributed by atoms with E-state index in [1.54, 1.807) is 0 Å². The Balaban J connectivity index is 2.73. The van der Waals surface area contributed by atoms with Crippen LogP contribution in [0, 0.1) is 0 Å². The average Bonchev–Trinajstić information content (AvgIpc) is 2.38. The van der Waals surface area contributed by atoms with Gasteiger partial charge in [-0.1, -0.05) is 23.3 Å². The quantitative estimate of drug-likeness (QED) is 0.466. The molecular formula is C11H13F2N3O2. The van der Waals surface area contributed by atoms with Crippen LogP contribution >= 0.6 is 0 Å². The highest BCUT2D eigenvalue weighted by molar-refractivity contribution is 5.26. The van der Waals surface area contributed by atoms with Crippen molar-refractivity contribution < 1.29 is 19.0 Å². The Morgan fingerprint density at radius 3 is 2.56 bits per heavy atom. The van der Waals surface area contributed by atoms with Crippen molar-refractivity contribution in [3.05, 3.63) is 45.8 Å². The van der Waals surface area contributed by atoms with Crippen molar-refractivity contribution >= 4 is 0 Å². The van der Waals surface area contributed by atoms with Crippen molar-refractivity contribution in [2.75, 3.05) is 6.54 Å². The standard InChI is InChI=1S/C11H13F2N3O2/c12-11(13)8-3-1-2-7(6-8)10(18)9(17)4-5-15-16-14/h1-3,6,9-11,17-18H,4-5H2. The Kier molecular flexibility index (Phi) is 5.51. The number of benzene rings is 1. The smallest absolute Gasteiger partial charge is 0.263 e. The summed E-state index contributed by atoms with van der Waals surface area (Å²) in [6, 6.07) is 5.23. The lowest BCUT2D eigenvalue weighted by molar-refractivity contribution is 0.0148. The topological polar surface area (TPSA) is 89.2 Å². The molecule has 0 aliphatic carbocycles. The molecule has 2 N–H and O–H groups in total. The lowest BCUT2D eigenvalue weighted by Gasteiger charge is -2.18. The van der Waals surface area contributed by atoms with Gasteiger partial charge < -0.3 is 10.2 Å². The van der Waals surface area contributed by atoms with E-state index in [1.807, 2.05) is 0 Å². The number of nitrogens with zero attached hydrogens (tertiary/aromatic N) is 3. The number of alkyl halides is 2. The molecule has 5 nitrogen and oxygen atoms in total. The summed E-state index contributed by atoms with van der Waals surface area (Å²) in [6.45, 7) is 0.0310. The van der Waals surface area contributed by atoms with Crippen LogP contribution in [0.15, 0.2) is 29.4 Å². The monoisotopic (exact) mass is 257 g/mol. The summed E-state index contributed by atoms with van der Waals surface area (Å²) in [5.74, 6) is 0. The summed E-state index contributed by atoms with van der Waals surface area (Å²) in [6.07, 6.45) is -5.01. The van der Waals surface area contributed by atoms with Gasteiger partial charge in [-0.3, -0.25) is 0 Å². The highest BCUT2D eigenvalue weighted by atomic mass is 19.3. The second-order valence-electron chi connectivity index (χ2n) is 3.73. The molecule has 1 aromatic rings. The van der Waals surface area contributed by atoms with Crippen LogP contribution in [0.25, 0.3) is 10.4 Å². The Hall–Kier alpha value is -1.69. The van der Waals surface area contributed by atoms with Crippen molar-refractivity contribution in [3.63, 3.8) is 0 Å². The molecular weight excluding hydrogens is 244 g/mol. The predicted molar refractivity (Wildman–Crippen MR) is 61.0 cm³/mol. The van der Waals surface area contributed by atoms with Gasteiger partial charge in [-0.05, 0) is 23.6 Å². The van der Waals surface area contributed by atoms with Crippen molar-refractivity contribution in [3.8, 4) is 0 Å². The van der Waals surface area contributed by atoms with E-state index < -0.39 is 18.6 Å². The number of aliphatic hydroxyl groups excluding tert-OH is 2. The lowest BCUT2D eigenvalue weighted by atomic mass is 10.0. The molecule has 0 fully saturated rings. The fraction of sp³-hybridized carbons (Fsp3) is 0.455. The van der Waals surface area contributed by atoms with Crippen LogP contribution in [0.5, 0.6) is 0 Å². The molecule has 0 aliphatic heterocycles. The summed E-state index contributed by atoms with van der Waals surface area (Å²) in [4.78, 5) is 2.51. The zero-order chi connectivity index (χ0) is 13.5. The van der Waals surface area contributed by atoms with Gasteiger partial charge in [-0.2, -0.15) is 0 Å². The largest absolute Gasteiger partial charge is 0.390 e. The molecule has 1 aromatic carbocycles. The van der Waals surface area contributed by atoms with E-state index in [-0.39, 0.29) is 24.1 Å². The molecule has 2 atom stereocenters. The predicted octanol–water partition coefficient (Wildman–Crippen LogP) is 2.72. The Bertz CT molecular complexity index is 436. The third-order valence-corrected chi connectivity index (χ3v) is 2.46. The second-order valence-corrected chi connectivity index (χ2v) is 3.73. The number of hydrogen-bond acceptors (Lipinski definition) is 3. The molecule has 1 rings (SSSR count). The minimum Gasteiger partial charge on any atom is -0.390 e. The Morgan fingerprint density at radius 1 is 1.28 bits per heavy atom. The van der Waals surface area contributed by atoms with Crippen molar-refractivity contribution in [1.82, 2.24) is 0 Å². The minimum atomic E-state index is -2.63. The van der Waals surface area contributed by atoms with E-state index >= 15 is 0 Å². The third kappa shape index (κ3) is 3.96. The molecule has 0 spiro atoms. The van der Waals surface area contributed by atoms with Crippen LogP contribution in [-0.4, -0.2) is 22.9 Å². The molecule has 18 heavy (non-hydrogen) atoms. The molecule has 0 aromatic heterocycles. The molecule has 0 saturated heterocycles. The van der Waals surface area contributed by atoms with Gasteiger partial charge in [-0.25, -0.2) is 8.78 Å². The summed E-state index contributed by atoms with van der Waals surface area (Å²) in [5, 5.41) is 22.6. The van der Waals surface area contributed by atoms with Gasteiger partial charge in [0, 0.05) is 17.0 Å². The van der Waals surface area contributed by atoms with E-state index in [1.165, 1.54) is 18.2 Å². The number of azide groups is 1. The number of hydrogen-bond donors (Lipinski definition) is 2. The average molecular weight is 257 g/mol. The molecule has 0 aliphatic rings. The van der Waals surface area contributed by atoms with Crippen LogP contribution in [0.4, 0.5) is 8.78 Å². The first kappa shape index (κ1) is 14.4. The maximum Gasteiger partial charge on any atom is 0.263 e. The first-order chi connectivity index (χ1) is 8.56. The van der Waals surface area contributed by atoms with E-state index in [0.29, 0.717) is 0 Å². The van der Waals surface area contributed by atoms with E-state index in [2.05, 4.69) is 10.0 Å². The normalized spacial score (nSPS) is 14.1. The SMILES string of the molecule is [N-]=[N+]=NCCC(O)C(O)c1cccc(C(F)F)c1. The van der Waals surface area contributed by atoms with E-state index in [0.717, 1.165) is 6.07 Å². The van der Waals surface area contributed by atoms with Crippen LogP contribution in [0.2, 0.25) is 0 Å². The van der Waals surface area contributed by atoms with Gasteiger partial charge in [0.1, 0.15) is 6.10 Å². The lowest BCUT2D eigenvalue weighted by Crippen LogP contribution is -2.19. The summed E-state index contributed by atoms with van der Waals surface area (Å²) in [7, 11) is 0. The third-order valence-electron chi connectivity index (χ3n) is 2.46. The molecule has 7 heteroatoms. The van der Waals surface area contributed by atoms with Crippen molar-refractivity contribution in [1.29, 1.82) is 0 Å². The fourth-order valence-electron chi connectivity index (χ4n) is 1.49. The highest BCUT2D eigenvalue weighted by Crippen LogP contribution is 2.24. The summed E-state index contributed by atoms with van der Waals surface area (Å²) < 4.78 is 24.9. The highest BCUT2D eigenvalue weighted by Gasteiger charge is 2.19. The zero-order valence-electron chi connectivity index (χ0n) is 9.45. The van der Waals surface area contributed by atoms with E-state index in [4.69, 9.17) is 5.53 Å². The molecule has 2 unspecified atom stereocenters. The maximum atomic E-state index is 12.5. The molecule has 98 valence electrons. The van der Waals surface area contributed by atoms with Gasteiger partial charge in [-0.15, -0.1) is 0 Å². The maximum absolute atomic E-state index is 12.5. The summed E-state index contributed by atoms with van der Waals surface area (Å²) in [5.41, 5.74) is 8.06. The summed E-state index contributed by atoms with van der Waals surface area (Å²) >= 11 is 0. The van der Waals surface area contributed by atoms with Crippen LogP contribution in [-0.2, 0) is 0 Å². The Morgan fingerprint density at radius 2 is 1.94 bits per heavy atom. The molecule has 0 saturated carbocycles. The van der Waals surface area contributed by atoms with Gasteiger partial charge in [0.15, 0.2) is 0 Å². The molecule has 0 amide bonds. The Labute approximate surface area is 102 Å². The molecule has 0 heterocycles. The van der Waals surface area contributed by atoms with Crippen LogP contribution in [0.3, 0.4) is 0 Å². The first-order valence-electron chi connectivity index (χ1n) is 5.31. The van der Waals surface area contributed by atoms with Crippen LogP contribution in [0.1, 0.15) is 30.1 Å². The van der Waals surface area contributed by atoms with Crippen molar-refractivity contribution in [2.45, 2.75) is 25.1 Å². The van der Waals surface area contributed by atoms with Crippen LogP contribution < -0.4 is 0 Å². The molecule has 0 bridgehead atoms. The first-order valence-corrected chi connectivity index (χ1v) is 5.31. The van der Waals surface area contributed by atoms with E-state index in [9.17, 15) is 19.0 Å². The number of aliphatic hydroxyl groups is 2. The number of halogens is 2. The minimum absolute atomic E-state index is 0.0310. The second kappa shape index (κ2) is 6.90. The van der Waals surface area contributed by atoms with Gasteiger partial charge in [0.25, 0.3) is 6.43 Å². The van der Waals surface area contributed by atoms with Gasteiger partial charge in [0.05, 0.1) is 6.10 Å². The van der Waals surface area contributed by atoms with Gasteiger partial charge in [0.2, 0.25) is 0 Å². The fourth-order valence-corrected chi connectivity index (χ4v) is 1.49. The zero-order valence-corrected chi connectivity index (χ0v) is 9.45. The van der Waals surface area contributed by atoms with Gasteiger partial charge >= 0.3 is 0 Å². The molecule has 0 radical (unpaired) electrons. The number of rotatable bonds is 6. The van der Waals surface area contributed by atoms with Crippen molar-refractivity contribution in [2.24, 2.45) is 5.11 Å².